The number of ether oxygens (including phenoxy) is 4. The number of likely N-dealkylation sites (tertiary alicyclic amines) is 1. The summed E-state index contributed by atoms with van der Waals surface area (Å²) in [7, 11) is 3.27. The van der Waals surface area contributed by atoms with E-state index in [4.69, 9.17) is 30.5 Å². The van der Waals surface area contributed by atoms with Crippen LogP contribution in [0.25, 0.3) is 6.08 Å². The topological polar surface area (TPSA) is 57.2 Å². The maximum absolute atomic E-state index is 13.1. The predicted molar refractivity (Wildman–Crippen MR) is 119 cm³/mol. The van der Waals surface area contributed by atoms with Crippen molar-refractivity contribution < 1.29 is 23.7 Å². The molecule has 0 radical (unpaired) electrons. The van der Waals surface area contributed by atoms with Crippen molar-refractivity contribution in [3.05, 3.63) is 52.6 Å². The predicted octanol–water partition coefficient (Wildman–Crippen LogP) is 4.90. The first kappa shape index (κ1) is 21.4. The summed E-state index contributed by atoms with van der Waals surface area (Å²) in [6, 6.07) is 9.26. The van der Waals surface area contributed by atoms with Gasteiger partial charge < -0.3 is 23.8 Å². The summed E-state index contributed by atoms with van der Waals surface area (Å²) < 4.78 is 22.3. The average Bonchev–Trinajstić information content (AvgIpc) is 3.15. The zero-order valence-corrected chi connectivity index (χ0v) is 18.5. The Kier molecular flexibility index (Phi) is 6.56. The summed E-state index contributed by atoms with van der Waals surface area (Å²) in [5.41, 5.74) is 1.75. The van der Waals surface area contributed by atoms with Crippen LogP contribution in [-0.4, -0.2) is 44.8 Å². The molecule has 1 amide bonds. The Balaban J connectivity index is 1.55. The van der Waals surface area contributed by atoms with Crippen molar-refractivity contribution in [2.75, 3.05) is 34.0 Å². The van der Waals surface area contributed by atoms with E-state index < -0.39 is 0 Å². The normalized spacial score (nSPS) is 18.2. The summed E-state index contributed by atoms with van der Waals surface area (Å²) in [5.74, 6) is 2.61. The van der Waals surface area contributed by atoms with E-state index in [9.17, 15) is 4.79 Å². The number of rotatable bonds is 5. The number of hydrogen-bond acceptors (Lipinski definition) is 5. The third kappa shape index (κ3) is 4.59. The van der Waals surface area contributed by atoms with Gasteiger partial charge in [-0.2, -0.15) is 0 Å². The van der Waals surface area contributed by atoms with Gasteiger partial charge in [0.1, 0.15) is 11.5 Å². The van der Waals surface area contributed by atoms with Crippen LogP contribution in [0, 0.1) is 0 Å². The van der Waals surface area contributed by atoms with Gasteiger partial charge in [0, 0.05) is 24.6 Å². The molecule has 2 heterocycles. The molecule has 6 nitrogen and oxygen atoms in total. The second-order valence-electron chi connectivity index (χ2n) is 7.51. The quantitative estimate of drug-likeness (QED) is 0.615. The molecule has 1 saturated heterocycles. The van der Waals surface area contributed by atoms with Crippen molar-refractivity contribution in [3.63, 3.8) is 0 Å². The van der Waals surface area contributed by atoms with E-state index in [0.717, 1.165) is 41.9 Å². The fourth-order valence-electron chi connectivity index (χ4n) is 4.06. The number of nitrogens with zero attached hydrogens (tertiary/aromatic N) is 1. The Morgan fingerprint density at radius 2 is 1.97 bits per heavy atom. The van der Waals surface area contributed by atoms with E-state index in [-0.39, 0.29) is 11.9 Å². The molecule has 0 spiro atoms. The molecule has 0 N–H and O–H groups in total. The molecule has 0 bridgehead atoms. The van der Waals surface area contributed by atoms with Crippen LogP contribution in [0.2, 0.25) is 5.02 Å². The smallest absolute Gasteiger partial charge is 0.247 e. The molecule has 164 valence electrons. The number of fused-ring (bicyclic) bond motifs is 1. The largest absolute Gasteiger partial charge is 0.497 e. The lowest BCUT2D eigenvalue weighted by Gasteiger charge is -2.25. The molecule has 1 fully saturated rings. The van der Waals surface area contributed by atoms with Crippen molar-refractivity contribution in [2.45, 2.75) is 25.3 Å². The number of amides is 1. The Morgan fingerprint density at radius 3 is 2.77 bits per heavy atom. The molecule has 0 saturated carbocycles. The highest BCUT2D eigenvalue weighted by Crippen LogP contribution is 2.40. The van der Waals surface area contributed by atoms with Gasteiger partial charge in [-0.15, -0.1) is 0 Å². The van der Waals surface area contributed by atoms with E-state index in [0.29, 0.717) is 36.3 Å². The van der Waals surface area contributed by atoms with Crippen LogP contribution in [0.5, 0.6) is 23.0 Å². The molecule has 7 heteroatoms. The van der Waals surface area contributed by atoms with E-state index in [1.165, 1.54) is 0 Å². The average molecular weight is 444 g/mol. The van der Waals surface area contributed by atoms with E-state index in [1.807, 2.05) is 29.2 Å². The summed E-state index contributed by atoms with van der Waals surface area (Å²) in [6.07, 6.45) is 5.96. The van der Waals surface area contributed by atoms with Crippen molar-refractivity contribution in [1.29, 1.82) is 0 Å². The molecule has 31 heavy (non-hydrogen) atoms. The Labute approximate surface area is 187 Å². The molecular formula is C24H26ClNO5. The van der Waals surface area contributed by atoms with Crippen molar-refractivity contribution in [1.82, 2.24) is 4.90 Å². The number of hydrogen-bond donors (Lipinski definition) is 0. The Bertz CT molecular complexity index is 990. The summed E-state index contributed by atoms with van der Waals surface area (Å²) in [5, 5.41) is 0.478. The lowest BCUT2D eigenvalue weighted by Crippen LogP contribution is -2.29. The highest BCUT2D eigenvalue weighted by atomic mass is 35.5. The number of benzene rings is 2. The van der Waals surface area contributed by atoms with E-state index in [2.05, 4.69) is 0 Å². The molecular weight excluding hydrogens is 418 g/mol. The highest BCUT2D eigenvalue weighted by molar-refractivity contribution is 6.32. The van der Waals surface area contributed by atoms with Crippen LogP contribution >= 0.6 is 11.6 Å². The Hall–Kier alpha value is -2.86. The van der Waals surface area contributed by atoms with Gasteiger partial charge in [-0.3, -0.25) is 4.79 Å². The molecule has 2 aliphatic rings. The van der Waals surface area contributed by atoms with Gasteiger partial charge >= 0.3 is 0 Å². The van der Waals surface area contributed by atoms with Crippen LogP contribution in [0.15, 0.2) is 36.4 Å². The SMILES string of the molecule is COc1ccc(OC)c(C2CCCN2C(=O)/C=C/c2cc(Cl)c3c(c2)OCCCO3)c1. The molecule has 2 aromatic carbocycles. The second kappa shape index (κ2) is 9.52. The second-order valence-corrected chi connectivity index (χ2v) is 7.92. The van der Waals surface area contributed by atoms with Crippen LogP contribution in [0.1, 0.15) is 36.4 Å². The molecule has 1 unspecified atom stereocenters. The van der Waals surface area contributed by atoms with Crippen LogP contribution in [0.4, 0.5) is 0 Å². The van der Waals surface area contributed by atoms with Crippen molar-refractivity contribution >= 4 is 23.6 Å². The summed E-state index contributed by atoms with van der Waals surface area (Å²) in [4.78, 5) is 14.9. The van der Waals surface area contributed by atoms with Crippen LogP contribution in [0.3, 0.4) is 0 Å². The number of methoxy groups -OCH3 is 2. The first-order chi connectivity index (χ1) is 15.1. The van der Waals surface area contributed by atoms with Gasteiger partial charge in [0.05, 0.1) is 38.5 Å². The third-order valence-electron chi connectivity index (χ3n) is 5.57. The molecule has 0 aromatic heterocycles. The van der Waals surface area contributed by atoms with Gasteiger partial charge in [-0.25, -0.2) is 0 Å². The minimum atomic E-state index is -0.0606. The zero-order chi connectivity index (χ0) is 21.8. The fraction of sp³-hybridized carbons (Fsp3) is 0.375. The lowest BCUT2D eigenvalue weighted by atomic mass is 10.0. The van der Waals surface area contributed by atoms with E-state index in [1.54, 1.807) is 32.4 Å². The molecule has 2 aromatic rings. The minimum absolute atomic E-state index is 0.0596. The summed E-state index contributed by atoms with van der Waals surface area (Å²) in [6.45, 7) is 1.84. The highest BCUT2D eigenvalue weighted by Gasteiger charge is 2.31. The maximum Gasteiger partial charge on any atom is 0.247 e. The third-order valence-corrected chi connectivity index (χ3v) is 5.86. The Morgan fingerprint density at radius 1 is 1.13 bits per heavy atom. The van der Waals surface area contributed by atoms with Crippen LogP contribution in [-0.2, 0) is 4.79 Å². The maximum atomic E-state index is 13.1. The van der Waals surface area contributed by atoms with Crippen LogP contribution < -0.4 is 18.9 Å². The van der Waals surface area contributed by atoms with Gasteiger partial charge in [0.25, 0.3) is 0 Å². The standard InChI is InChI=1S/C24H26ClNO5/c1-28-17-7-8-21(29-2)18(15-17)20-5-3-10-26(20)23(27)9-6-16-13-19(25)24-22(14-16)30-11-4-12-31-24/h6-9,13-15,20H,3-5,10-12H2,1-2H3/b9-6+. The first-order valence-electron chi connectivity index (χ1n) is 10.4. The van der Waals surface area contributed by atoms with Gasteiger partial charge in [0.15, 0.2) is 11.5 Å². The summed E-state index contributed by atoms with van der Waals surface area (Å²) >= 11 is 6.37. The zero-order valence-electron chi connectivity index (χ0n) is 17.7. The number of halogens is 1. The van der Waals surface area contributed by atoms with Crippen molar-refractivity contribution in [2.24, 2.45) is 0 Å². The number of carbonyl (C=O) groups excluding carboxylic acids is 1. The molecule has 0 aliphatic carbocycles. The fourth-order valence-corrected chi connectivity index (χ4v) is 4.34. The van der Waals surface area contributed by atoms with Gasteiger partial charge in [-0.05, 0) is 54.8 Å². The molecule has 4 rings (SSSR count). The first-order valence-corrected chi connectivity index (χ1v) is 10.8. The minimum Gasteiger partial charge on any atom is -0.497 e. The van der Waals surface area contributed by atoms with E-state index >= 15 is 0 Å². The van der Waals surface area contributed by atoms with Gasteiger partial charge in [-0.1, -0.05) is 11.6 Å². The monoisotopic (exact) mass is 443 g/mol. The lowest BCUT2D eigenvalue weighted by molar-refractivity contribution is -0.126. The molecule has 1 atom stereocenters. The van der Waals surface area contributed by atoms with Gasteiger partial charge in [0.2, 0.25) is 5.91 Å². The molecule has 2 aliphatic heterocycles. The van der Waals surface area contributed by atoms with Crippen molar-refractivity contribution in [3.8, 4) is 23.0 Å². The number of carbonyl (C=O) groups is 1.